The van der Waals surface area contributed by atoms with Crippen LogP contribution in [-0.2, 0) is 27.8 Å². The quantitative estimate of drug-likeness (QED) is 0.331. The van der Waals surface area contributed by atoms with Gasteiger partial charge in [-0.15, -0.1) is 0 Å². The predicted molar refractivity (Wildman–Crippen MR) is 132 cm³/mol. The lowest BCUT2D eigenvalue weighted by atomic mass is 10.0. The van der Waals surface area contributed by atoms with Crippen LogP contribution in [-0.4, -0.2) is 33.3 Å². The van der Waals surface area contributed by atoms with Crippen LogP contribution in [0.25, 0.3) is 0 Å². The topological polar surface area (TPSA) is 90.0 Å². The summed E-state index contributed by atoms with van der Waals surface area (Å²) in [4.78, 5) is 24.5. The lowest BCUT2D eigenvalue weighted by Gasteiger charge is -2.30. The third kappa shape index (κ3) is 5.22. The van der Waals surface area contributed by atoms with E-state index in [4.69, 9.17) is 9.47 Å². The number of hydrogen-bond donors (Lipinski definition) is 0. The molecule has 0 aliphatic carbocycles. The number of esters is 1. The molecule has 3 aromatic rings. The molecule has 0 atom stereocenters. The largest absolute Gasteiger partial charge is 0.493 e. The van der Waals surface area contributed by atoms with E-state index in [1.54, 1.807) is 18.2 Å². The van der Waals surface area contributed by atoms with Gasteiger partial charge in [0.25, 0.3) is 10.0 Å². The number of sulfonamides is 1. The van der Waals surface area contributed by atoms with E-state index in [-0.39, 0.29) is 22.8 Å². The molecule has 35 heavy (non-hydrogen) atoms. The molecule has 0 fully saturated rings. The average Bonchev–Trinajstić information content (AvgIpc) is 2.87. The highest BCUT2D eigenvalue weighted by atomic mass is 32.2. The summed E-state index contributed by atoms with van der Waals surface area (Å²) in [7, 11) is -3.77. The number of fused-ring (bicyclic) bond motifs is 1. The summed E-state index contributed by atoms with van der Waals surface area (Å²) >= 11 is 0. The number of ketones is 1. The van der Waals surface area contributed by atoms with Gasteiger partial charge in [0.2, 0.25) is 0 Å². The van der Waals surface area contributed by atoms with Gasteiger partial charge in [0.1, 0.15) is 12.4 Å². The fourth-order valence-corrected chi connectivity index (χ4v) is 5.61. The molecule has 8 heteroatoms. The Labute approximate surface area is 205 Å². The van der Waals surface area contributed by atoms with Gasteiger partial charge in [0.05, 0.1) is 22.8 Å². The fourth-order valence-electron chi connectivity index (χ4n) is 4.07. The Morgan fingerprint density at radius 2 is 1.69 bits per heavy atom. The first kappa shape index (κ1) is 24.5. The van der Waals surface area contributed by atoms with E-state index in [0.29, 0.717) is 35.7 Å². The number of carbonyl (C=O) groups excluding carboxylic acids is 2. The van der Waals surface area contributed by atoms with E-state index in [1.165, 1.54) is 35.5 Å². The Kier molecular flexibility index (Phi) is 7.21. The number of rotatable bonds is 8. The number of hydrogen-bond acceptors (Lipinski definition) is 6. The second kappa shape index (κ2) is 10.3. The maximum Gasteiger partial charge on any atom is 0.338 e. The maximum atomic E-state index is 13.3. The van der Waals surface area contributed by atoms with Crippen LogP contribution >= 0.6 is 0 Å². The first-order valence-electron chi connectivity index (χ1n) is 11.5. The number of Topliss-reactive ketones (excluding diaryl/α,β-unsaturated/α-hetero) is 1. The molecule has 7 nitrogen and oxygen atoms in total. The van der Waals surface area contributed by atoms with Crippen molar-refractivity contribution in [3.05, 3.63) is 89.0 Å². The van der Waals surface area contributed by atoms with Gasteiger partial charge >= 0.3 is 5.97 Å². The molecule has 4 rings (SSSR count). The molecule has 1 aliphatic rings. The van der Waals surface area contributed by atoms with Crippen molar-refractivity contribution in [3.63, 3.8) is 0 Å². The van der Waals surface area contributed by atoms with Crippen molar-refractivity contribution in [3.8, 4) is 5.75 Å². The molecule has 3 aromatic carbocycles. The molecule has 0 radical (unpaired) electrons. The van der Waals surface area contributed by atoms with Gasteiger partial charge in [0, 0.05) is 17.7 Å². The highest BCUT2D eigenvalue weighted by Crippen LogP contribution is 2.32. The van der Waals surface area contributed by atoms with Crippen LogP contribution in [0.4, 0.5) is 5.69 Å². The Morgan fingerprint density at radius 3 is 2.40 bits per heavy atom. The van der Waals surface area contributed by atoms with Crippen LogP contribution in [0, 0.1) is 0 Å². The lowest BCUT2D eigenvalue weighted by Crippen LogP contribution is -2.35. The van der Waals surface area contributed by atoms with E-state index in [0.717, 1.165) is 18.4 Å². The first-order chi connectivity index (χ1) is 16.8. The number of carbonyl (C=O) groups is 2. The molecule has 0 amide bonds. The monoisotopic (exact) mass is 493 g/mol. The molecule has 0 saturated heterocycles. The second-order valence-corrected chi connectivity index (χ2v) is 10.1. The number of benzene rings is 3. The summed E-state index contributed by atoms with van der Waals surface area (Å²) in [5.74, 6) is -0.171. The Bertz CT molecular complexity index is 1350. The minimum atomic E-state index is -3.77. The van der Waals surface area contributed by atoms with Crippen molar-refractivity contribution in [2.45, 2.75) is 38.2 Å². The predicted octanol–water partition coefficient (Wildman–Crippen LogP) is 4.79. The molecular weight excluding hydrogens is 466 g/mol. The SMILES string of the molecule is CCOc1ccc(C(C)=O)cc1COC(=O)c1ccc(S(=O)(=O)N2CCCc3ccccc32)cc1. The van der Waals surface area contributed by atoms with Crippen LogP contribution in [0.1, 0.15) is 52.1 Å². The summed E-state index contributed by atoms with van der Waals surface area (Å²) in [6, 6.07) is 18.2. The number of nitrogens with zero attached hydrogens (tertiary/aromatic N) is 1. The van der Waals surface area contributed by atoms with Crippen molar-refractivity contribution in [1.29, 1.82) is 0 Å². The molecule has 0 N–H and O–H groups in total. The van der Waals surface area contributed by atoms with Gasteiger partial charge in [-0.1, -0.05) is 18.2 Å². The van der Waals surface area contributed by atoms with E-state index >= 15 is 0 Å². The Hall–Kier alpha value is -3.65. The Balaban J connectivity index is 1.49. The minimum absolute atomic E-state index is 0.0834. The van der Waals surface area contributed by atoms with Crippen molar-refractivity contribution >= 4 is 27.5 Å². The minimum Gasteiger partial charge on any atom is -0.493 e. The number of para-hydroxylation sites is 1. The van der Waals surface area contributed by atoms with E-state index in [9.17, 15) is 18.0 Å². The van der Waals surface area contributed by atoms with E-state index in [2.05, 4.69) is 0 Å². The van der Waals surface area contributed by atoms with Crippen LogP contribution in [0.3, 0.4) is 0 Å². The average molecular weight is 494 g/mol. The van der Waals surface area contributed by atoms with Crippen molar-refractivity contribution in [2.75, 3.05) is 17.5 Å². The molecule has 0 saturated carbocycles. The van der Waals surface area contributed by atoms with Crippen LogP contribution in [0.2, 0.25) is 0 Å². The zero-order valence-corrected chi connectivity index (χ0v) is 20.5. The zero-order valence-electron chi connectivity index (χ0n) is 19.7. The number of anilines is 1. The number of aryl methyl sites for hydroxylation is 1. The molecule has 0 unspecified atom stereocenters. The third-order valence-corrected chi connectivity index (χ3v) is 7.70. The summed E-state index contributed by atoms with van der Waals surface area (Å²) in [6.07, 6.45) is 1.59. The van der Waals surface area contributed by atoms with Crippen LogP contribution in [0.5, 0.6) is 5.75 Å². The summed E-state index contributed by atoms with van der Waals surface area (Å²) in [6.45, 7) is 4.05. The molecule has 1 heterocycles. The molecule has 0 aromatic heterocycles. The van der Waals surface area contributed by atoms with Crippen molar-refractivity contribution in [1.82, 2.24) is 0 Å². The molecule has 1 aliphatic heterocycles. The summed E-state index contributed by atoms with van der Waals surface area (Å²) in [5.41, 5.74) is 3.00. The normalized spacial score (nSPS) is 13.1. The third-order valence-electron chi connectivity index (χ3n) is 5.87. The van der Waals surface area contributed by atoms with Crippen LogP contribution < -0.4 is 9.04 Å². The zero-order chi connectivity index (χ0) is 25.0. The number of ether oxygens (including phenoxy) is 2. The Morgan fingerprint density at radius 1 is 0.971 bits per heavy atom. The highest BCUT2D eigenvalue weighted by molar-refractivity contribution is 7.92. The summed E-state index contributed by atoms with van der Waals surface area (Å²) < 4.78 is 39.0. The first-order valence-corrected chi connectivity index (χ1v) is 12.9. The van der Waals surface area contributed by atoms with Gasteiger partial charge in [-0.3, -0.25) is 9.10 Å². The standard InChI is InChI=1S/C27H27NO6S/c1-3-33-26-15-12-22(19(2)29)17-23(26)18-34-27(30)21-10-13-24(14-11-21)35(31,32)28-16-6-8-20-7-4-5-9-25(20)28/h4-5,7,9-15,17H,3,6,8,16,18H2,1-2H3. The van der Waals surface area contributed by atoms with Gasteiger partial charge in [-0.25, -0.2) is 13.2 Å². The smallest absolute Gasteiger partial charge is 0.338 e. The van der Waals surface area contributed by atoms with Crippen LogP contribution in [0.15, 0.2) is 71.6 Å². The molecule has 0 bridgehead atoms. The molecule has 182 valence electrons. The van der Waals surface area contributed by atoms with Gasteiger partial charge < -0.3 is 9.47 Å². The van der Waals surface area contributed by atoms with Crippen molar-refractivity contribution in [2.24, 2.45) is 0 Å². The highest BCUT2D eigenvalue weighted by Gasteiger charge is 2.29. The van der Waals surface area contributed by atoms with E-state index < -0.39 is 16.0 Å². The molecule has 0 spiro atoms. The second-order valence-electron chi connectivity index (χ2n) is 8.22. The van der Waals surface area contributed by atoms with Gasteiger partial charge in [-0.05, 0) is 80.8 Å². The van der Waals surface area contributed by atoms with Gasteiger partial charge in [-0.2, -0.15) is 0 Å². The van der Waals surface area contributed by atoms with E-state index in [1.807, 2.05) is 31.2 Å². The lowest BCUT2D eigenvalue weighted by molar-refractivity contribution is 0.0469. The molecular formula is C27H27NO6S. The fraction of sp³-hybridized carbons (Fsp3) is 0.259. The van der Waals surface area contributed by atoms with Gasteiger partial charge in [0.15, 0.2) is 5.78 Å². The summed E-state index contributed by atoms with van der Waals surface area (Å²) in [5, 5.41) is 0. The van der Waals surface area contributed by atoms with Crippen molar-refractivity contribution < 1.29 is 27.5 Å². The maximum absolute atomic E-state index is 13.3.